The zero-order valence-electron chi connectivity index (χ0n) is 19.8. The predicted molar refractivity (Wildman–Crippen MR) is 135 cm³/mol. The highest BCUT2D eigenvalue weighted by atomic mass is 32.2. The summed E-state index contributed by atoms with van der Waals surface area (Å²) in [6, 6.07) is 14.1. The molecule has 1 aromatic heterocycles. The minimum atomic E-state index is -3.61. The van der Waals surface area contributed by atoms with Crippen LogP contribution in [0, 0.1) is 0 Å². The Morgan fingerprint density at radius 3 is 2.40 bits per heavy atom. The van der Waals surface area contributed by atoms with E-state index in [1.807, 2.05) is 34.5 Å². The van der Waals surface area contributed by atoms with Gasteiger partial charge in [0, 0.05) is 30.1 Å². The number of nitrogens with zero attached hydrogens (tertiary/aromatic N) is 2. The third-order valence-corrected chi connectivity index (χ3v) is 9.55. The molecule has 5 rings (SSSR count). The van der Waals surface area contributed by atoms with Gasteiger partial charge in [0.25, 0.3) is 5.91 Å². The summed E-state index contributed by atoms with van der Waals surface area (Å²) in [5.74, 6) is 1.08. The van der Waals surface area contributed by atoms with Gasteiger partial charge in [0.15, 0.2) is 11.5 Å². The van der Waals surface area contributed by atoms with Crippen LogP contribution in [0.25, 0.3) is 0 Å². The zero-order valence-corrected chi connectivity index (χ0v) is 21.4. The Morgan fingerprint density at radius 1 is 0.971 bits per heavy atom. The van der Waals surface area contributed by atoms with Crippen LogP contribution >= 0.6 is 11.3 Å². The molecule has 2 aromatic carbocycles. The molecule has 1 fully saturated rings. The summed E-state index contributed by atoms with van der Waals surface area (Å²) in [6.45, 7) is 1.55. The molecule has 2 aliphatic rings. The van der Waals surface area contributed by atoms with E-state index in [0.29, 0.717) is 43.1 Å². The van der Waals surface area contributed by atoms with Crippen molar-refractivity contribution in [1.82, 2.24) is 9.21 Å². The second kappa shape index (κ2) is 9.64. The van der Waals surface area contributed by atoms with E-state index in [9.17, 15) is 13.2 Å². The Bertz CT molecular complexity index is 1330. The molecule has 3 aromatic rings. The molecular formula is C26H28N2O5S2. The molecule has 7 nitrogen and oxygen atoms in total. The number of carbonyl (C=O) groups is 1. The lowest BCUT2D eigenvalue weighted by molar-refractivity contribution is 0.0696. The average Bonchev–Trinajstić information content (AvgIpc) is 3.62. The molecular weight excluding hydrogens is 484 g/mol. The van der Waals surface area contributed by atoms with E-state index in [4.69, 9.17) is 9.47 Å². The lowest BCUT2D eigenvalue weighted by atomic mass is 9.90. The highest BCUT2D eigenvalue weighted by Gasteiger charge is 2.35. The van der Waals surface area contributed by atoms with E-state index < -0.39 is 10.0 Å². The second-order valence-electron chi connectivity index (χ2n) is 8.71. The maximum Gasteiger partial charge on any atom is 0.254 e. The van der Waals surface area contributed by atoms with Crippen LogP contribution in [-0.2, 0) is 16.4 Å². The normalized spacial score (nSPS) is 18.3. The number of hydrogen-bond donors (Lipinski definition) is 0. The summed E-state index contributed by atoms with van der Waals surface area (Å²) in [5.41, 5.74) is 2.47. The summed E-state index contributed by atoms with van der Waals surface area (Å²) in [4.78, 5) is 16.9. The largest absolute Gasteiger partial charge is 0.493 e. The first-order chi connectivity index (χ1) is 16.9. The standard InChI is InChI=1S/C26H28N2O5S2/c1-32-22-16-18-10-13-28(25(24-9-6-14-34-24)21(18)17-23(22)33-2)26(29)19-7-5-8-20(15-19)35(30,31)27-11-3-4-12-27/h5-9,14-17,25H,3-4,10-13H2,1-2H3. The Morgan fingerprint density at radius 2 is 1.71 bits per heavy atom. The SMILES string of the molecule is COc1cc2c(cc1OC)C(c1cccs1)N(C(=O)c1cccc(S(=O)(=O)N3CCCC3)c1)CC2. The maximum atomic E-state index is 13.9. The predicted octanol–water partition coefficient (Wildman–Crippen LogP) is 4.34. The van der Waals surface area contributed by atoms with Crippen LogP contribution in [0.1, 0.15) is 45.2 Å². The first-order valence-electron chi connectivity index (χ1n) is 11.6. The third-order valence-electron chi connectivity index (χ3n) is 6.73. The van der Waals surface area contributed by atoms with Gasteiger partial charge in [0.05, 0.1) is 25.2 Å². The first kappa shape index (κ1) is 23.8. The molecule has 0 bridgehead atoms. The van der Waals surface area contributed by atoms with E-state index in [2.05, 4.69) is 0 Å². The molecule has 1 amide bonds. The number of ether oxygens (including phenoxy) is 2. The van der Waals surface area contributed by atoms with E-state index >= 15 is 0 Å². The first-order valence-corrected chi connectivity index (χ1v) is 14.0. The van der Waals surface area contributed by atoms with Crippen LogP contribution in [0.2, 0.25) is 0 Å². The van der Waals surface area contributed by atoms with Crippen LogP contribution in [0.5, 0.6) is 11.5 Å². The molecule has 9 heteroatoms. The number of benzene rings is 2. The molecule has 35 heavy (non-hydrogen) atoms. The van der Waals surface area contributed by atoms with Gasteiger partial charge in [0.1, 0.15) is 0 Å². The van der Waals surface area contributed by atoms with Crippen molar-refractivity contribution in [3.8, 4) is 11.5 Å². The monoisotopic (exact) mass is 512 g/mol. The van der Waals surface area contributed by atoms with Crippen molar-refractivity contribution < 1.29 is 22.7 Å². The highest BCUT2D eigenvalue weighted by Crippen LogP contribution is 2.42. The quantitative estimate of drug-likeness (QED) is 0.491. The molecule has 1 atom stereocenters. The minimum absolute atomic E-state index is 0.168. The van der Waals surface area contributed by atoms with Crippen LogP contribution in [0.3, 0.4) is 0 Å². The Balaban J connectivity index is 1.54. The van der Waals surface area contributed by atoms with Crippen LogP contribution in [-0.4, -0.2) is 57.4 Å². The fourth-order valence-electron chi connectivity index (χ4n) is 4.95. The van der Waals surface area contributed by atoms with Gasteiger partial charge < -0.3 is 14.4 Å². The molecule has 184 valence electrons. The number of carbonyl (C=O) groups excluding carboxylic acids is 1. The van der Waals surface area contributed by atoms with Crippen molar-refractivity contribution in [2.24, 2.45) is 0 Å². The lowest BCUT2D eigenvalue weighted by Crippen LogP contribution is -2.40. The van der Waals surface area contributed by atoms with E-state index in [1.165, 1.54) is 10.4 Å². The summed E-state index contributed by atoms with van der Waals surface area (Å²) >= 11 is 1.59. The fraction of sp³-hybridized carbons (Fsp3) is 0.346. The highest BCUT2D eigenvalue weighted by molar-refractivity contribution is 7.89. The molecule has 0 spiro atoms. The van der Waals surface area contributed by atoms with Gasteiger partial charge in [-0.15, -0.1) is 11.3 Å². The number of hydrogen-bond acceptors (Lipinski definition) is 6. The van der Waals surface area contributed by atoms with Crippen molar-refractivity contribution in [2.45, 2.75) is 30.2 Å². The number of rotatable bonds is 6. The number of amides is 1. The third kappa shape index (κ3) is 4.32. The molecule has 1 unspecified atom stereocenters. The Hall–Kier alpha value is -2.88. The summed E-state index contributed by atoms with van der Waals surface area (Å²) in [6.07, 6.45) is 2.39. The van der Waals surface area contributed by atoms with Crippen molar-refractivity contribution in [3.63, 3.8) is 0 Å². The van der Waals surface area contributed by atoms with Crippen LogP contribution in [0.4, 0.5) is 0 Å². The fourth-order valence-corrected chi connectivity index (χ4v) is 7.37. The maximum absolute atomic E-state index is 13.9. The number of fused-ring (bicyclic) bond motifs is 1. The smallest absolute Gasteiger partial charge is 0.254 e. The molecule has 3 heterocycles. The van der Waals surface area contributed by atoms with Gasteiger partial charge in [-0.05, 0) is 72.2 Å². The minimum Gasteiger partial charge on any atom is -0.493 e. The number of sulfonamides is 1. The molecule has 0 radical (unpaired) electrons. The molecule has 0 aliphatic carbocycles. The number of thiophene rings is 1. The molecule has 0 saturated carbocycles. The molecule has 1 saturated heterocycles. The average molecular weight is 513 g/mol. The van der Waals surface area contributed by atoms with Crippen molar-refractivity contribution in [1.29, 1.82) is 0 Å². The van der Waals surface area contributed by atoms with Gasteiger partial charge in [-0.3, -0.25) is 4.79 Å². The van der Waals surface area contributed by atoms with Crippen molar-refractivity contribution in [2.75, 3.05) is 33.9 Å². The van der Waals surface area contributed by atoms with E-state index in [-0.39, 0.29) is 16.8 Å². The van der Waals surface area contributed by atoms with Crippen molar-refractivity contribution in [3.05, 3.63) is 75.5 Å². The van der Waals surface area contributed by atoms with Crippen molar-refractivity contribution >= 4 is 27.3 Å². The summed E-state index contributed by atoms with van der Waals surface area (Å²) < 4.78 is 38.8. The van der Waals surface area contributed by atoms with Crippen LogP contribution in [0.15, 0.2) is 58.8 Å². The number of methoxy groups -OCH3 is 2. The van der Waals surface area contributed by atoms with Gasteiger partial charge in [-0.2, -0.15) is 4.31 Å². The summed E-state index contributed by atoms with van der Waals surface area (Å²) in [7, 11) is -0.400. The van der Waals surface area contributed by atoms with Gasteiger partial charge in [-0.25, -0.2) is 8.42 Å². The molecule has 2 aliphatic heterocycles. The zero-order chi connectivity index (χ0) is 24.6. The van der Waals surface area contributed by atoms with Crippen LogP contribution < -0.4 is 9.47 Å². The Kier molecular flexibility index (Phi) is 6.57. The van der Waals surface area contributed by atoms with Gasteiger partial charge in [-0.1, -0.05) is 12.1 Å². The van der Waals surface area contributed by atoms with Gasteiger partial charge >= 0.3 is 0 Å². The van der Waals surface area contributed by atoms with E-state index in [0.717, 1.165) is 28.8 Å². The second-order valence-corrected chi connectivity index (χ2v) is 11.6. The topological polar surface area (TPSA) is 76.1 Å². The molecule has 0 N–H and O–H groups in total. The van der Waals surface area contributed by atoms with E-state index in [1.54, 1.807) is 43.8 Å². The summed E-state index contributed by atoms with van der Waals surface area (Å²) in [5, 5.41) is 2.00. The Labute approximate surface area is 209 Å². The lowest BCUT2D eigenvalue weighted by Gasteiger charge is -2.37. The van der Waals surface area contributed by atoms with Gasteiger partial charge in [0.2, 0.25) is 10.0 Å².